The van der Waals surface area contributed by atoms with Crippen LogP contribution in [0.3, 0.4) is 0 Å². The fourth-order valence-electron chi connectivity index (χ4n) is 4.13. The summed E-state index contributed by atoms with van der Waals surface area (Å²) in [7, 11) is 0. The van der Waals surface area contributed by atoms with Crippen LogP contribution in [0.5, 0.6) is 5.75 Å². The number of hydrogen-bond donors (Lipinski definition) is 3. The summed E-state index contributed by atoms with van der Waals surface area (Å²) in [5.41, 5.74) is 2.74. The predicted molar refractivity (Wildman–Crippen MR) is 190 cm³/mol. The van der Waals surface area contributed by atoms with E-state index in [0.717, 1.165) is 27.7 Å². The van der Waals surface area contributed by atoms with Gasteiger partial charge in [0.15, 0.2) is 0 Å². The molecule has 12 heteroatoms. The van der Waals surface area contributed by atoms with E-state index < -0.39 is 11.8 Å². The van der Waals surface area contributed by atoms with Crippen LogP contribution >= 0.6 is 35.1 Å². The van der Waals surface area contributed by atoms with Crippen molar-refractivity contribution in [2.75, 3.05) is 22.1 Å². The summed E-state index contributed by atoms with van der Waals surface area (Å²) in [6.45, 7) is 2.44. The summed E-state index contributed by atoms with van der Waals surface area (Å²) in [5, 5.41) is 9.50. The zero-order chi connectivity index (χ0) is 32.8. The number of amides is 3. The van der Waals surface area contributed by atoms with Gasteiger partial charge >= 0.3 is 0 Å². The molecule has 9 nitrogen and oxygen atoms in total. The molecule has 0 radical (unpaired) electrons. The van der Waals surface area contributed by atoms with E-state index in [4.69, 9.17) is 4.74 Å². The van der Waals surface area contributed by atoms with Gasteiger partial charge in [-0.2, -0.15) is 9.36 Å². The largest absolute Gasteiger partial charge is 0.489 e. The molecule has 0 atom stereocenters. The smallest absolute Gasteiger partial charge is 0.272 e. The Morgan fingerprint density at radius 1 is 0.851 bits per heavy atom. The van der Waals surface area contributed by atoms with E-state index in [0.29, 0.717) is 39.5 Å². The molecule has 0 spiro atoms. The molecule has 238 valence electrons. The van der Waals surface area contributed by atoms with Crippen molar-refractivity contribution >= 4 is 69.7 Å². The summed E-state index contributed by atoms with van der Waals surface area (Å²) >= 11 is 3.98. The monoisotopic (exact) mass is 681 g/mol. The zero-order valence-corrected chi connectivity index (χ0v) is 27.8. The van der Waals surface area contributed by atoms with Gasteiger partial charge in [0, 0.05) is 27.7 Å². The Morgan fingerprint density at radius 3 is 2.34 bits per heavy atom. The van der Waals surface area contributed by atoms with Crippen LogP contribution in [0.1, 0.15) is 28.4 Å². The van der Waals surface area contributed by atoms with Gasteiger partial charge in [0.05, 0.1) is 5.75 Å². The average molecular weight is 682 g/mol. The molecule has 0 aliphatic carbocycles. The topological polar surface area (TPSA) is 122 Å². The van der Waals surface area contributed by atoms with Crippen molar-refractivity contribution in [3.8, 4) is 5.75 Å². The van der Waals surface area contributed by atoms with Crippen molar-refractivity contribution in [3.63, 3.8) is 0 Å². The first-order valence-corrected chi connectivity index (χ1v) is 17.3. The second-order valence-corrected chi connectivity index (χ2v) is 12.9. The zero-order valence-electron chi connectivity index (χ0n) is 25.3. The van der Waals surface area contributed by atoms with Gasteiger partial charge in [-0.15, -0.1) is 11.8 Å². The SMILES string of the molecule is CCSc1nsc(NC(=O)CSc2cccc(NC(=O)/C(=C/c3ccc(OCc4ccccc4)cc3)NC(=O)c3ccccc3)c2)n1. The third-order valence-electron chi connectivity index (χ3n) is 6.36. The van der Waals surface area contributed by atoms with Gasteiger partial charge in [-0.3, -0.25) is 19.7 Å². The highest BCUT2D eigenvalue weighted by Gasteiger charge is 2.16. The molecule has 0 saturated carbocycles. The van der Waals surface area contributed by atoms with Crippen LogP contribution in [0.15, 0.2) is 125 Å². The van der Waals surface area contributed by atoms with Gasteiger partial charge in [0.2, 0.25) is 16.2 Å². The second-order valence-electron chi connectivity index (χ2n) is 9.86. The number of aromatic nitrogens is 2. The molecule has 0 bridgehead atoms. The summed E-state index contributed by atoms with van der Waals surface area (Å²) in [4.78, 5) is 44.1. The first-order chi connectivity index (χ1) is 22.9. The van der Waals surface area contributed by atoms with E-state index in [1.165, 1.54) is 23.5 Å². The van der Waals surface area contributed by atoms with Crippen LogP contribution < -0.4 is 20.7 Å². The summed E-state index contributed by atoms with van der Waals surface area (Å²) < 4.78 is 10.1. The van der Waals surface area contributed by atoms with Crippen molar-refractivity contribution in [1.82, 2.24) is 14.7 Å². The Balaban J connectivity index is 1.25. The number of carbonyl (C=O) groups excluding carboxylic acids is 3. The average Bonchev–Trinajstić information content (AvgIpc) is 3.54. The number of ether oxygens (including phenoxy) is 1. The Labute approximate surface area is 285 Å². The minimum Gasteiger partial charge on any atom is -0.489 e. The molecule has 0 aliphatic rings. The molecule has 1 heterocycles. The minimum atomic E-state index is -0.504. The molecule has 47 heavy (non-hydrogen) atoms. The lowest BCUT2D eigenvalue weighted by Gasteiger charge is -2.12. The highest BCUT2D eigenvalue weighted by molar-refractivity contribution is 8.00. The molecule has 5 aromatic rings. The van der Waals surface area contributed by atoms with Crippen molar-refractivity contribution < 1.29 is 19.1 Å². The van der Waals surface area contributed by atoms with Crippen LogP contribution in [0.25, 0.3) is 6.08 Å². The fraction of sp³-hybridized carbons (Fsp3) is 0.114. The van der Waals surface area contributed by atoms with E-state index in [9.17, 15) is 14.4 Å². The third kappa shape index (κ3) is 10.6. The highest BCUT2D eigenvalue weighted by atomic mass is 32.2. The normalized spacial score (nSPS) is 11.0. The standard InChI is InChI=1S/C35H31N5O4S3/c1-2-45-35-39-34(47-40-35)38-31(41)23-46-29-15-9-14-27(21-29)36-33(43)30(37-32(42)26-12-7-4-8-13-26)20-24-16-18-28(19-17-24)44-22-25-10-5-3-6-11-25/h3-21H,2,22-23H2,1H3,(H,36,43)(H,37,42)(H,38,39,40,41)/b30-20-. The number of thioether (sulfide) groups is 2. The van der Waals surface area contributed by atoms with Crippen molar-refractivity contribution in [2.24, 2.45) is 0 Å². The highest BCUT2D eigenvalue weighted by Crippen LogP contribution is 2.24. The fourth-order valence-corrected chi connectivity index (χ4v) is 6.17. The lowest BCUT2D eigenvalue weighted by Crippen LogP contribution is -2.30. The molecule has 0 saturated heterocycles. The van der Waals surface area contributed by atoms with Gasteiger partial charge in [-0.05, 0) is 65.4 Å². The number of nitrogens with zero attached hydrogens (tertiary/aromatic N) is 2. The molecule has 0 aliphatic heterocycles. The summed E-state index contributed by atoms with van der Waals surface area (Å²) in [6.07, 6.45) is 1.61. The predicted octanol–water partition coefficient (Wildman–Crippen LogP) is 7.37. The van der Waals surface area contributed by atoms with E-state index in [1.54, 1.807) is 48.5 Å². The lowest BCUT2D eigenvalue weighted by atomic mass is 10.1. The van der Waals surface area contributed by atoms with Crippen molar-refractivity contribution in [3.05, 3.63) is 132 Å². The Kier molecular flexibility index (Phi) is 12.2. The van der Waals surface area contributed by atoms with Crippen LogP contribution in [0.2, 0.25) is 0 Å². The molecule has 1 aromatic heterocycles. The quantitative estimate of drug-likeness (QED) is 0.0821. The lowest BCUT2D eigenvalue weighted by molar-refractivity contribution is -0.114. The molecule has 5 rings (SSSR count). The van der Waals surface area contributed by atoms with Crippen LogP contribution in [-0.2, 0) is 16.2 Å². The van der Waals surface area contributed by atoms with Gasteiger partial charge in [0.25, 0.3) is 11.8 Å². The van der Waals surface area contributed by atoms with Gasteiger partial charge in [-0.1, -0.05) is 85.4 Å². The van der Waals surface area contributed by atoms with E-state index >= 15 is 0 Å². The molecule has 0 unspecified atom stereocenters. The number of carbonyl (C=O) groups is 3. The van der Waals surface area contributed by atoms with E-state index in [2.05, 4.69) is 25.3 Å². The van der Waals surface area contributed by atoms with Gasteiger partial charge in [0.1, 0.15) is 18.1 Å². The van der Waals surface area contributed by atoms with Crippen molar-refractivity contribution in [1.29, 1.82) is 0 Å². The van der Waals surface area contributed by atoms with Crippen LogP contribution in [0, 0.1) is 0 Å². The van der Waals surface area contributed by atoms with Gasteiger partial charge in [-0.25, -0.2) is 0 Å². The minimum absolute atomic E-state index is 0.0619. The van der Waals surface area contributed by atoms with Crippen LogP contribution in [-0.4, -0.2) is 38.6 Å². The summed E-state index contributed by atoms with van der Waals surface area (Å²) in [5.74, 6) is 0.547. The second kappa shape index (κ2) is 17.1. The third-order valence-corrected chi connectivity index (χ3v) is 8.83. The number of nitrogens with one attached hydrogen (secondary N) is 3. The maximum atomic E-state index is 13.5. The van der Waals surface area contributed by atoms with E-state index in [-0.39, 0.29) is 17.4 Å². The summed E-state index contributed by atoms with van der Waals surface area (Å²) in [6, 6.07) is 32.9. The first-order valence-electron chi connectivity index (χ1n) is 14.6. The maximum Gasteiger partial charge on any atom is 0.272 e. The number of hydrogen-bond acceptors (Lipinski definition) is 9. The number of rotatable bonds is 14. The molecule has 3 amide bonds. The van der Waals surface area contributed by atoms with Crippen molar-refractivity contribution in [2.45, 2.75) is 23.6 Å². The maximum absolute atomic E-state index is 13.5. The van der Waals surface area contributed by atoms with Gasteiger partial charge < -0.3 is 15.4 Å². The number of benzene rings is 4. The van der Waals surface area contributed by atoms with E-state index in [1.807, 2.05) is 73.7 Å². The molecular formula is C35H31N5O4S3. The number of anilines is 2. The molecule has 3 N–H and O–H groups in total. The molecule has 0 fully saturated rings. The van der Waals surface area contributed by atoms with Crippen LogP contribution in [0.4, 0.5) is 10.8 Å². The molecular weight excluding hydrogens is 651 g/mol. The Morgan fingerprint density at radius 2 is 1.60 bits per heavy atom. The first kappa shape index (κ1) is 33.5. The molecule has 4 aromatic carbocycles. The Bertz CT molecular complexity index is 1830. The Hall–Kier alpha value is -4.91.